The second-order valence-electron chi connectivity index (χ2n) is 4.73. The first kappa shape index (κ1) is 13.9. The molecule has 2 aromatic carbocycles. The molecule has 6 heteroatoms. The molecule has 1 heterocycles. The van der Waals surface area contributed by atoms with Gasteiger partial charge in [0.1, 0.15) is 11.6 Å². The van der Waals surface area contributed by atoms with E-state index in [4.69, 9.17) is 10.5 Å². The van der Waals surface area contributed by atoms with Crippen molar-refractivity contribution in [3.05, 3.63) is 52.3 Å². The minimum Gasteiger partial charge on any atom is -0.481 e. The molecule has 0 spiro atoms. The number of ether oxygens (including phenoxy) is 1. The van der Waals surface area contributed by atoms with E-state index in [2.05, 4.69) is 15.9 Å². The summed E-state index contributed by atoms with van der Waals surface area (Å²) in [6.07, 6.45) is 0. The van der Waals surface area contributed by atoms with Gasteiger partial charge in [0.2, 0.25) is 0 Å². The molecule has 0 radical (unpaired) electrons. The number of nitrogen functional groups attached to an aromatic ring is 1. The number of amides is 1. The van der Waals surface area contributed by atoms with E-state index < -0.39 is 0 Å². The molecule has 108 valence electrons. The fraction of sp³-hybridized carbons (Fsp3) is 0.133. The number of nitrogens with zero attached hydrogens (tertiary/aromatic N) is 1. The lowest BCUT2D eigenvalue weighted by atomic mass is 10.1. The van der Waals surface area contributed by atoms with Crippen molar-refractivity contribution >= 4 is 33.2 Å². The van der Waals surface area contributed by atoms with Crippen LogP contribution in [0.2, 0.25) is 0 Å². The maximum Gasteiger partial charge on any atom is 0.265 e. The molecule has 0 atom stereocenters. The minimum absolute atomic E-state index is 0.0522. The standard InChI is InChI=1S/C15H12BrFN2O2/c16-12-3-1-10(17)5-9(12)7-19-13-4-2-11(18)6-14(13)21-8-15(19)20/h1-6H,7-8,18H2. The number of fused-ring (bicyclic) bond motifs is 1. The molecule has 4 nitrogen and oxygen atoms in total. The molecule has 2 aromatic rings. The van der Waals surface area contributed by atoms with Crippen molar-refractivity contribution in [3.63, 3.8) is 0 Å². The van der Waals surface area contributed by atoms with Crippen molar-refractivity contribution in [3.8, 4) is 5.75 Å². The van der Waals surface area contributed by atoms with Crippen LogP contribution >= 0.6 is 15.9 Å². The van der Waals surface area contributed by atoms with Crippen molar-refractivity contribution < 1.29 is 13.9 Å². The Morgan fingerprint density at radius 2 is 2.10 bits per heavy atom. The van der Waals surface area contributed by atoms with Crippen LogP contribution in [0.4, 0.5) is 15.8 Å². The third-order valence-corrected chi connectivity index (χ3v) is 4.04. The van der Waals surface area contributed by atoms with E-state index in [9.17, 15) is 9.18 Å². The second-order valence-corrected chi connectivity index (χ2v) is 5.59. The van der Waals surface area contributed by atoms with Crippen LogP contribution in [0.3, 0.4) is 0 Å². The number of rotatable bonds is 2. The molecule has 2 N–H and O–H groups in total. The first-order valence-electron chi connectivity index (χ1n) is 6.31. The molecule has 1 amide bonds. The van der Waals surface area contributed by atoms with Crippen molar-refractivity contribution in [2.45, 2.75) is 6.54 Å². The average molecular weight is 351 g/mol. The Kier molecular flexibility index (Phi) is 3.55. The van der Waals surface area contributed by atoms with Gasteiger partial charge in [-0.15, -0.1) is 0 Å². The molecule has 1 aliphatic heterocycles. The van der Waals surface area contributed by atoms with E-state index in [0.717, 1.165) is 4.47 Å². The highest BCUT2D eigenvalue weighted by Gasteiger charge is 2.26. The Balaban J connectivity index is 1.98. The maximum absolute atomic E-state index is 13.4. The summed E-state index contributed by atoms with van der Waals surface area (Å²) in [6.45, 7) is 0.209. The molecular weight excluding hydrogens is 339 g/mol. The van der Waals surface area contributed by atoms with Gasteiger partial charge in [0.15, 0.2) is 6.61 Å². The summed E-state index contributed by atoms with van der Waals surface area (Å²) < 4.78 is 19.5. The Bertz CT molecular complexity index is 721. The fourth-order valence-electron chi connectivity index (χ4n) is 2.23. The Morgan fingerprint density at radius 1 is 1.29 bits per heavy atom. The van der Waals surface area contributed by atoms with Gasteiger partial charge >= 0.3 is 0 Å². The largest absolute Gasteiger partial charge is 0.481 e. The highest BCUT2D eigenvalue weighted by atomic mass is 79.9. The van der Waals surface area contributed by atoms with Gasteiger partial charge in [-0.05, 0) is 35.9 Å². The zero-order chi connectivity index (χ0) is 15.0. The van der Waals surface area contributed by atoms with Crippen molar-refractivity contribution in [1.82, 2.24) is 0 Å². The number of anilines is 2. The molecule has 1 aliphatic rings. The topological polar surface area (TPSA) is 55.6 Å². The third kappa shape index (κ3) is 2.71. The predicted octanol–water partition coefficient (Wildman–Crippen LogP) is 3.10. The highest BCUT2D eigenvalue weighted by Crippen LogP contribution is 2.35. The van der Waals surface area contributed by atoms with Crippen LogP contribution in [0.5, 0.6) is 5.75 Å². The number of nitrogens with two attached hydrogens (primary N) is 1. The molecule has 3 rings (SSSR count). The summed E-state index contributed by atoms with van der Waals surface area (Å²) in [4.78, 5) is 13.7. The van der Waals surface area contributed by atoms with Crippen LogP contribution in [-0.2, 0) is 11.3 Å². The molecule has 0 aromatic heterocycles. The Morgan fingerprint density at radius 3 is 2.90 bits per heavy atom. The van der Waals surface area contributed by atoms with Gasteiger partial charge in [-0.2, -0.15) is 0 Å². The van der Waals surface area contributed by atoms with E-state index in [1.165, 1.54) is 12.1 Å². The van der Waals surface area contributed by atoms with Crippen molar-refractivity contribution in [2.75, 3.05) is 17.2 Å². The van der Waals surface area contributed by atoms with E-state index in [1.54, 1.807) is 29.2 Å². The van der Waals surface area contributed by atoms with Crippen molar-refractivity contribution in [1.29, 1.82) is 0 Å². The van der Waals surface area contributed by atoms with Crippen LogP contribution in [0.25, 0.3) is 0 Å². The summed E-state index contributed by atoms with van der Waals surface area (Å²) in [5.41, 5.74) is 7.61. The number of carbonyl (C=O) groups is 1. The molecule has 0 fully saturated rings. The molecule has 0 saturated heterocycles. The molecule has 0 bridgehead atoms. The summed E-state index contributed by atoms with van der Waals surface area (Å²) in [5, 5.41) is 0. The van der Waals surface area contributed by atoms with Crippen LogP contribution in [-0.4, -0.2) is 12.5 Å². The summed E-state index contributed by atoms with van der Waals surface area (Å²) in [5.74, 6) is 0.0389. The van der Waals surface area contributed by atoms with E-state index >= 15 is 0 Å². The zero-order valence-corrected chi connectivity index (χ0v) is 12.6. The van der Waals surface area contributed by atoms with Gasteiger partial charge in [-0.1, -0.05) is 15.9 Å². The Hall–Kier alpha value is -2.08. The zero-order valence-electron chi connectivity index (χ0n) is 11.0. The molecule has 21 heavy (non-hydrogen) atoms. The smallest absolute Gasteiger partial charge is 0.265 e. The third-order valence-electron chi connectivity index (χ3n) is 3.26. The highest BCUT2D eigenvalue weighted by molar-refractivity contribution is 9.10. The number of halogens is 2. The lowest BCUT2D eigenvalue weighted by molar-refractivity contribution is -0.121. The molecule has 0 aliphatic carbocycles. The first-order chi connectivity index (χ1) is 10.0. The fourth-order valence-corrected chi connectivity index (χ4v) is 2.60. The van der Waals surface area contributed by atoms with Gasteiger partial charge in [0.25, 0.3) is 5.91 Å². The van der Waals surface area contributed by atoms with Crippen LogP contribution in [0.15, 0.2) is 40.9 Å². The first-order valence-corrected chi connectivity index (χ1v) is 7.10. The van der Waals surface area contributed by atoms with Gasteiger partial charge in [0.05, 0.1) is 12.2 Å². The van der Waals surface area contributed by atoms with Crippen molar-refractivity contribution in [2.24, 2.45) is 0 Å². The molecule has 0 unspecified atom stereocenters. The van der Waals surface area contributed by atoms with Gasteiger partial charge in [-0.3, -0.25) is 4.79 Å². The lowest BCUT2D eigenvalue weighted by Crippen LogP contribution is -2.38. The average Bonchev–Trinajstić information content (AvgIpc) is 2.45. The van der Waals surface area contributed by atoms with E-state index in [-0.39, 0.29) is 24.9 Å². The second kappa shape index (κ2) is 5.37. The lowest BCUT2D eigenvalue weighted by Gasteiger charge is -2.29. The molecular formula is C15H12BrFN2O2. The number of hydrogen-bond acceptors (Lipinski definition) is 3. The maximum atomic E-state index is 13.4. The predicted molar refractivity (Wildman–Crippen MR) is 81.6 cm³/mol. The van der Waals surface area contributed by atoms with Gasteiger partial charge in [-0.25, -0.2) is 4.39 Å². The summed E-state index contributed by atoms with van der Waals surface area (Å²) in [7, 11) is 0. The van der Waals surface area contributed by atoms with Crippen LogP contribution < -0.4 is 15.4 Å². The SMILES string of the molecule is Nc1ccc2c(c1)OCC(=O)N2Cc1cc(F)ccc1Br. The number of carbonyl (C=O) groups excluding carboxylic acids is 1. The number of hydrogen-bond donors (Lipinski definition) is 1. The normalized spacial score (nSPS) is 13.8. The molecule has 0 saturated carbocycles. The van der Waals surface area contributed by atoms with Gasteiger partial charge in [0, 0.05) is 16.2 Å². The number of benzene rings is 2. The van der Waals surface area contributed by atoms with Crippen LogP contribution in [0, 0.1) is 5.82 Å². The summed E-state index contributed by atoms with van der Waals surface area (Å²) >= 11 is 3.37. The van der Waals surface area contributed by atoms with Crippen LogP contribution in [0.1, 0.15) is 5.56 Å². The van der Waals surface area contributed by atoms with E-state index in [0.29, 0.717) is 22.7 Å². The minimum atomic E-state index is -0.341. The van der Waals surface area contributed by atoms with E-state index in [1.807, 2.05) is 0 Å². The summed E-state index contributed by atoms with van der Waals surface area (Å²) in [6, 6.07) is 9.51. The Labute approximate surface area is 129 Å². The monoisotopic (exact) mass is 350 g/mol. The quantitative estimate of drug-likeness (QED) is 0.846. The van der Waals surface area contributed by atoms with Gasteiger partial charge < -0.3 is 15.4 Å².